The van der Waals surface area contributed by atoms with Gasteiger partial charge in [-0.3, -0.25) is 0 Å². The minimum Gasteiger partial charge on any atom is -0.478 e. The van der Waals surface area contributed by atoms with Crippen molar-refractivity contribution in [1.29, 1.82) is 0 Å². The van der Waals surface area contributed by atoms with Crippen LogP contribution in [0, 0.1) is 0 Å². The highest BCUT2D eigenvalue weighted by Gasteiger charge is 2.20. The van der Waals surface area contributed by atoms with Crippen molar-refractivity contribution in [3.05, 3.63) is 35.4 Å². The first-order valence-electron chi connectivity index (χ1n) is 14.6. The minimum absolute atomic E-state index is 0.0156. The van der Waals surface area contributed by atoms with Gasteiger partial charge in [0.25, 0.3) is 0 Å². The van der Waals surface area contributed by atoms with E-state index >= 15 is 0 Å². The lowest BCUT2D eigenvalue weighted by atomic mass is 10.0. The van der Waals surface area contributed by atoms with Gasteiger partial charge in [-0.1, -0.05) is 129 Å². The number of rotatable bonds is 23. The van der Waals surface area contributed by atoms with Crippen LogP contribution in [0.2, 0.25) is 0 Å². The van der Waals surface area contributed by atoms with E-state index in [9.17, 15) is 14.7 Å². The molecule has 0 radical (unpaired) electrons. The molecule has 0 aliphatic carbocycles. The smallest absolute Gasteiger partial charge is 0.339 e. The van der Waals surface area contributed by atoms with Crippen LogP contribution in [0.5, 0.6) is 0 Å². The second-order valence-corrected chi connectivity index (χ2v) is 10.1. The summed E-state index contributed by atoms with van der Waals surface area (Å²) in [7, 11) is 0. The third-order valence-electron chi connectivity index (χ3n) is 6.91. The Labute approximate surface area is 215 Å². The molecule has 0 amide bonds. The van der Waals surface area contributed by atoms with Gasteiger partial charge in [-0.15, -0.1) is 0 Å². The molecule has 1 rings (SSSR count). The highest BCUT2D eigenvalue weighted by molar-refractivity contribution is 6.02. The molecule has 1 atom stereocenters. The summed E-state index contributed by atoms with van der Waals surface area (Å²) >= 11 is 0. The molecular weight excluding hydrogens is 436 g/mol. The Morgan fingerprint density at radius 2 is 1.00 bits per heavy atom. The first-order chi connectivity index (χ1) is 17.1. The molecule has 0 aromatic heterocycles. The van der Waals surface area contributed by atoms with Gasteiger partial charge in [0.2, 0.25) is 0 Å². The number of ether oxygens (including phenoxy) is 1. The van der Waals surface area contributed by atoms with Crippen molar-refractivity contribution in [2.75, 3.05) is 0 Å². The topological polar surface area (TPSA) is 63.6 Å². The number of esters is 1. The first kappa shape index (κ1) is 31.2. The quantitative estimate of drug-likeness (QED) is 0.123. The zero-order valence-corrected chi connectivity index (χ0v) is 22.7. The van der Waals surface area contributed by atoms with Crippen molar-refractivity contribution < 1.29 is 19.4 Å². The predicted octanol–water partition coefficient (Wildman–Crippen LogP) is 9.75. The molecule has 0 saturated carbocycles. The lowest BCUT2D eigenvalue weighted by Gasteiger charge is -2.19. The standard InChI is InChI=1S/C31H52O4/c1-3-5-7-9-11-12-13-14-16-18-20-24-27(23-19-17-15-10-8-6-4-2)35-31(34)29-26-22-21-25-28(29)30(32)33/h21-22,25-27H,3-20,23-24H2,1-2H3,(H,32,33). The van der Waals surface area contributed by atoms with Gasteiger partial charge in [0, 0.05) is 0 Å². The van der Waals surface area contributed by atoms with Crippen molar-refractivity contribution in [3.63, 3.8) is 0 Å². The Morgan fingerprint density at radius 1 is 0.629 bits per heavy atom. The molecule has 0 bridgehead atoms. The minimum atomic E-state index is -1.09. The van der Waals surface area contributed by atoms with E-state index in [0.29, 0.717) is 0 Å². The van der Waals surface area contributed by atoms with Gasteiger partial charge >= 0.3 is 11.9 Å². The third-order valence-corrected chi connectivity index (χ3v) is 6.91. The maximum absolute atomic E-state index is 12.8. The largest absolute Gasteiger partial charge is 0.478 e. The lowest BCUT2D eigenvalue weighted by Crippen LogP contribution is -2.20. The number of hydrogen-bond acceptors (Lipinski definition) is 3. The number of carbonyl (C=O) groups excluding carboxylic acids is 1. The fourth-order valence-electron chi connectivity index (χ4n) is 4.69. The third kappa shape index (κ3) is 15.7. The SMILES string of the molecule is CCCCCCCCCCCCCC(CCCCCCCCC)OC(=O)c1ccccc1C(=O)O. The van der Waals surface area contributed by atoms with Crippen LogP contribution in [0.1, 0.15) is 163 Å². The molecule has 4 heteroatoms. The number of hydrogen-bond donors (Lipinski definition) is 1. The Morgan fingerprint density at radius 3 is 1.40 bits per heavy atom. The van der Waals surface area contributed by atoms with Crippen LogP contribution in [-0.2, 0) is 4.74 Å². The van der Waals surface area contributed by atoms with Crippen molar-refractivity contribution in [3.8, 4) is 0 Å². The van der Waals surface area contributed by atoms with Gasteiger partial charge in [0.1, 0.15) is 6.10 Å². The van der Waals surface area contributed by atoms with Gasteiger partial charge in [0.15, 0.2) is 0 Å². The van der Waals surface area contributed by atoms with E-state index in [4.69, 9.17) is 4.74 Å². The number of benzene rings is 1. The average molecular weight is 489 g/mol. The summed E-state index contributed by atoms with van der Waals surface area (Å²) in [6.45, 7) is 4.49. The summed E-state index contributed by atoms with van der Waals surface area (Å²) in [5.74, 6) is -1.59. The molecule has 0 aliphatic heterocycles. The maximum atomic E-state index is 12.8. The second kappa shape index (κ2) is 21.4. The molecular formula is C31H52O4. The molecule has 0 aliphatic rings. The van der Waals surface area contributed by atoms with Gasteiger partial charge in [-0.05, 0) is 37.8 Å². The van der Waals surface area contributed by atoms with Gasteiger partial charge < -0.3 is 9.84 Å². The summed E-state index contributed by atoms with van der Waals surface area (Å²) in [6, 6.07) is 6.35. The van der Waals surface area contributed by atoms with E-state index in [0.717, 1.165) is 25.7 Å². The molecule has 0 spiro atoms. The van der Waals surface area contributed by atoms with Crippen LogP contribution in [0.25, 0.3) is 0 Å². The van der Waals surface area contributed by atoms with E-state index in [1.165, 1.54) is 109 Å². The van der Waals surface area contributed by atoms with Crippen molar-refractivity contribution in [2.45, 2.75) is 148 Å². The summed E-state index contributed by atoms with van der Waals surface area (Å²) < 4.78 is 5.86. The predicted molar refractivity (Wildman–Crippen MR) is 146 cm³/mol. The molecule has 200 valence electrons. The molecule has 1 unspecified atom stereocenters. The van der Waals surface area contributed by atoms with Crippen molar-refractivity contribution in [1.82, 2.24) is 0 Å². The normalized spacial score (nSPS) is 11.9. The molecule has 1 aromatic carbocycles. The molecule has 4 nitrogen and oxygen atoms in total. The Kier molecular flexibility index (Phi) is 19.1. The Bertz CT molecular complexity index is 670. The molecule has 1 aromatic rings. The highest BCUT2D eigenvalue weighted by Crippen LogP contribution is 2.20. The van der Waals surface area contributed by atoms with Crippen LogP contribution in [0.3, 0.4) is 0 Å². The van der Waals surface area contributed by atoms with Crippen LogP contribution in [0.15, 0.2) is 24.3 Å². The van der Waals surface area contributed by atoms with Crippen LogP contribution in [0.4, 0.5) is 0 Å². The van der Waals surface area contributed by atoms with E-state index in [1.807, 2.05) is 0 Å². The summed E-state index contributed by atoms with van der Waals surface area (Å²) in [5, 5.41) is 9.42. The van der Waals surface area contributed by atoms with Crippen molar-refractivity contribution >= 4 is 11.9 Å². The highest BCUT2D eigenvalue weighted by atomic mass is 16.5. The number of aromatic carboxylic acids is 1. The fraction of sp³-hybridized carbons (Fsp3) is 0.742. The Hall–Kier alpha value is -1.84. The molecule has 0 fully saturated rings. The monoisotopic (exact) mass is 488 g/mol. The fourth-order valence-corrected chi connectivity index (χ4v) is 4.69. The Balaban J connectivity index is 2.41. The van der Waals surface area contributed by atoms with E-state index < -0.39 is 11.9 Å². The molecule has 1 N–H and O–H groups in total. The zero-order chi connectivity index (χ0) is 25.6. The summed E-state index contributed by atoms with van der Waals surface area (Å²) in [5.41, 5.74) is 0.172. The van der Waals surface area contributed by atoms with E-state index in [2.05, 4.69) is 13.8 Å². The van der Waals surface area contributed by atoms with Gasteiger partial charge in [0.05, 0.1) is 11.1 Å². The second-order valence-electron chi connectivity index (χ2n) is 10.1. The summed E-state index contributed by atoms with van der Waals surface area (Å²) in [6.07, 6.45) is 24.5. The number of carboxylic acid groups (broad SMARTS) is 1. The van der Waals surface area contributed by atoms with Gasteiger partial charge in [-0.25, -0.2) is 9.59 Å². The van der Waals surface area contributed by atoms with Crippen LogP contribution in [-0.4, -0.2) is 23.1 Å². The molecule has 35 heavy (non-hydrogen) atoms. The van der Waals surface area contributed by atoms with Gasteiger partial charge in [-0.2, -0.15) is 0 Å². The maximum Gasteiger partial charge on any atom is 0.339 e. The summed E-state index contributed by atoms with van der Waals surface area (Å²) in [4.78, 5) is 24.3. The number of carbonyl (C=O) groups is 2. The number of carboxylic acids is 1. The zero-order valence-electron chi connectivity index (χ0n) is 22.7. The van der Waals surface area contributed by atoms with Crippen LogP contribution >= 0.6 is 0 Å². The average Bonchev–Trinajstić information content (AvgIpc) is 2.86. The van der Waals surface area contributed by atoms with E-state index in [-0.39, 0.29) is 17.2 Å². The molecule has 0 heterocycles. The lowest BCUT2D eigenvalue weighted by molar-refractivity contribution is 0.0244. The number of unbranched alkanes of at least 4 members (excludes halogenated alkanes) is 16. The van der Waals surface area contributed by atoms with E-state index in [1.54, 1.807) is 18.2 Å². The first-order valence-corrected chi connectivity index (χ1v) is 14.6. The molecule has 0 saturated heterocycles. The van der Waals surface area contributed by atoms with Crippen molar-refractivity contribution in [2.24, 2.45) is 0 Å². The van der Waals surface area contributed by atoms with Crippen LogP contribution < -0.4 is 0 Å².